The van der Waals surface area contributed by atoms with E-state index in [-0.39, 0.29) is 18.8 Å². The quantitative estimate of drug-likeness (QED) is 0.547. The number of nitrogens with zero attached hydrogens (tertiary/aromatic N) is 4. The van der Waals surface area contributed by atoms with E-state index in [2.05, 4.69) is 33.2 Å². The van der Waals surface area contributed by atoms with Gasteiger partial charge >= 0.3 is 0 Å². The molecule has 4 heterocycles. The van der Waals surface area contributed by atoms with Crippen molar-refractivity contribution in [2.75, 3.05) is 6.61 Å². The van der Waals surface area contributed by atoms with Gasteiger partial charge in [0.15, 0.2) is 17.7 Å². The molecule has 2 aliphatic rings. The third-order valence-electron chi connectivity index (χ3n) is 5.98. The van der Waals surface area contributed by atoms with Crippen LogP contribution in [0.15, 0.2) is 55.1 Å². The van der Waals surface area contributed by atoms with Crippen molar-refractivity contribution >= 4 is 21.9 Å². The second-order valence-electron chi connectivity index (χ2n) is 8.39. The first-order chi connectivity index (χ1) is 15.1. The highest BCUT2D eigenvalue weighted by molar-refractivity contribution is 6.01. The van der Waals surface area contributed by atoms with E-state index in [0.29, 0.717) is 11.2 Å². The molecule has 4 aromatic rings. The monoisotopic (exact) mass is 418 g/mol. The van der Waals surface area contributed by atoms with Crippen molar-refractivity contribution in [1.82, 2.24) is 19.5 Å². The Kier molecular flexibility index (Phi) is 4.13. The van der Waals surface area contributed by atoms with Gasteiger partial charge in [-0.05, 0) is 24.6 Å². The van der Waals surface area contributed by atoms with Crippen LogP contribution in [0.5, 0.6) is 0 Å². The van der Waals surface area contributed by atoms with Gasteiger partial charge in [0.2, 0.25) is 0 Å². The van der Waals surface area contributed by atoms with Crippen LogP contribution in [0.25, 0.3) is 33.2 Å². The van der Waals surface area contributed by atoms with Gasteiger partial charge in [0.05, 0.1) is 12.9 Å². The molecule has 0 radical (unpaired) electrons. The number of imidazole rings is 1. The molecule has 2 aromatic carbocycles. The van der Waals surface area contributed by atoms with Gasteiger partial charge in [0, 0.05) is 5.56 Å². The molecular formula is C23H22N4O4. The molecule has 0 bridgehead atoms. The summed E-state index contributed by atoms with van der Waals surface area (Å²) in [6.07, 6.45) is 1.52. The fourth-order valence-corrected chi connectivity index (χ4v) is 4.70. The lowest BCUT2D eigenvalue weighted by Crippen LogP contribution is -2.31. The van der Waals surface area contributed by atoms with Crippen molar-refractivity contribution in [3.63, 3.8) is 0 Å². The molecule has 2 aliphatic heterocycles. The number of aromatic nitrogens is 4. The van der Waals surface area contributed by atoms with E-state index >= 15 is 0 Å². The Bertz CT molecular complexity index is 1280. The van der Waals surface area contributed by atoms with Gasteiger partial charge in [-0.1, -0.05) is 42.5 Å². The Balaban J connectivity index is 1.48. The summed E-state index contributed by atoms with van der Waals surface area (Å²) < 4.78 is 20.0. The zero-order chi connectivity index (χ0) is 21.2. The summed E-state index contributed by atoms with van der Waals surface area (Å²) in [5.41, 5.74) is 3.09. The molecule has 0 amide bonds. The Morgan fingerprint density at radius 2 is 1.81 bits per heavy atom. The summed E-state index contributed by atoms with van der Waals surface area (Å²) in [6, 6.07) is 14.3. The number of ether oxygens (including phenoxy) is 3. The molecule has 8 heteroatoms. The second kappa shape index (κ2) is 6.80. The fourth-order valence-electron chi connectivity index (χ4n) is 4.70. The lowest BCUT2D eigenvalue weighted by atomic mass is 10.0. The predicted molar refractivity (Wildman–Crippen MR) is 113 cm³/mol. The van der Waals surface area contributed by atoms with Crippen LogP contribution < -0.4 is 0 Å². The van der Waals surface area contributed by atoms with Crippen LogP contribution >= 0.6 is 0 Å². The maximum absolute atomic E-state index is 9.79. The maximum Gasteiger partial charge on any atom is 0.166 e. The smallest absolute Gasteiger partial charge is 0.166 e. The highest BCUT2D eigenvalue weighted by Gasteiger charge is 2.56. The van der Waals surface area contributed by atoms with Crippen molar-refractivity contribution in [3.8, 4) is 11.3 Å². The minimum atomic E-state index is -0.746. The van der Waals surface area contributed by atoms with Crippen LogP contribution in [0.1, 0.15) is 20.1 Å². The van der Waals surface area contributed by atoms with Crippen molar-refractivity contribution < 1.29 is 19.3 Å². The van der Waals surface area contributed by atoms with Crippen molar-refractivity contribution in [2.24, 2.45) is 0 Å². The first-order valence-electron chi connectivity index (χ1n) is 10.3. The van der Waals surface area contributed by atoms with Crippen LogP contribution in [0.4, 0.5) is 0 Å². The first kappa shape index (κ1) is 18.8. The summed E-state index contributed by atoms with van der Waals surface area (Å²) >= 11 is 0. The summed E-state index contributed by atoms with van der Waals surface area (Å²) in [4.78, 5) is 13.7. The molecule has 0 spiro atoms. The standard InChI is InChI=1S/C23H22N4O4/c1-23(2)30-19-16(10-28)29-22(20(19)31-23)27-12-26-18-17(24-11-25-21(18)27)15-9-5-7-13-6-3-4-8-14(13)15/h3-9,11-12,16,19-20,22,28H,10H2,1-2H3/t16-,19-,20-,22-/m1/s1. The summed E-state index contributed by atoms with van der Waals surface area (Å²) in [6.45, 7) is 3.58. The van der Waals surface area contributed by atoms with Crippen LogP contribution in [-0.2, 0) is 14.2 Å². The SMILES string of the molecule is CC1(C)O[C@@H]2[C@H](O1)[C@@H](CO)O[C@H]2n1cnc2c(-c3cccc4ccccc34)ncnc21. The fraction of sp³-hybridized carbons (Fsp3) is 0.348. The predicted octanol–water partition coefficient (Wildman–Crippen LogP) is 3.06. The number of aliphatic hydroxyl groups excluding tert-OH is 1. The molecule has 0 saturated carbocycles. The van der Waals surface area contributed by atoms with Crippen molar-refractivity contribution in [2.45, 2.75) is 44.2 Å². The highest BCUT2D eigenvalue weighted by atomic mass is 16.8. The van der Waals surface area contributed by atoms with Crippen LogP contribution in [0.3, 0.4) is 0 Å². The Hall–Kier alpha value is -2.91. The summed E-state index contributed by atoms with van der Waals surface area (Å²) in [5.74, 6) is -0.746. The maximum atomic E-state index is 9.79. The number of hydrogen-bond donors (Lipinski definition) is 1. The van der Waals surface area contributed by atoms with Crippen LogP contribution in [-0.4, -0.2) is 55.3 Å². The zero-order valence-electron chi connectivity index (χ0n) is 17.2. The lowest BCUT2D eigenvalue weighted by molar-refractivity contribution is -0.199. The summed E-state index contributed by atoms with van der Waals surface area (Å²) in [5, 5.41) is 12.0. The number of fused-ring (bicyclic) bond motifs is 3. The average molecular weight is 418 g/mol. The molecule has 2 aromatic heterocycles. The molecule has 31 heavy (non-hydrogen) atoms. The van der Waals surface area contributed by atoms with Crippen molar-refractivity contribution in [1.29, 1.82) is 0 Å². The number of aliphatic hydroxyl groups is 1. The third-order valence-corrected chi connectivity index (χ3v) is 5.98. The van der Waals surface area contributed by atoms with E-state index in [1.54, 1.807) is 12.7 Å². The molecule has 4 atom stereocenters. The van der Waals surface area contributed by atoms with Gasteiger partial charge in [0.1, 0.15) is 35.8 Å². The van der Waals surface area contributed by atoms with Gasteiger partial charge in [0.25, 0.3) is 0 Å². The minimum absolute atomic E-state index is 0.153. The second-order valence-corrected chi connectivity index (χ2v) is 8.39. The third kappa shape index (κ3) is 2.87. The first-order valence-corrected chi connectivity index (χ1v) is 10.3. The molecule has 8 nitrogen and oxygen atoms in total. The van der Waals surface area contributed by atoms with Gasteiger partial charge in [-0.2, -0.15) is 0 Å². The van der Waals surface area contributed by atoms with Crippen LogP contribution in [0, 0.1) is 0 Å². The zero-order valence-corrected chi connectivity index (χ0v) is 17.2. The average Bonchev–Trinajstić information content (AvgIpc) is 3.43. The molecule has 0 unspecified atom stereocenters. The van der Waals surface area contributed by atoms with Gasteiger partial charge in [-0.25, -0.2) is 15.0 Å². The normalized spacial score (nSPS) is 27.2. The molecular weight excluding hydrogens is 396 g/mol. The van der Waals surface area contributed by atoms with E-state index in [4.69, 9.17) is 14.2 Å². The van der Waals surface area contributed by atoms with E-state index in [1.165, 1.54) is 0 Å². The highest BCUT2D eigenvalue weighted by Crippen LogP contribution is 2.44. The Labute approximate surface area is 178 Å². The summed E-state index contributed by atoms with van der Waals surface area (Å²) in [7, 11) is 0. The van der Waals surface area contributed by atoms with Gasteiger partial charge < -0.3 is 19.3 Å². The molecule has 1 N–H and O–H groups in total. The number of hydrogen-bond acceptors (Lipinski definition) is 7. The van der Waals surface area contributed by atoms with Gasteiger partial charge in [-0.15, -0.1) is 0 Å². The van der Waals surface area contributed by atoms with Crippen LogP contribution in [0.2, 0.25) is 0 Å². The van der Waals surface area contributed by atoms with Crippen molar-refractivity contribution in [3.05, 3.63) is 55.1 Å². The molecule has 2 saturated heterocycles. The Morgan fingerprint density at radius 1 is 1.00 bits per heavy atom. The van der Waals surface area contributed by atoms with E-state index in [0.717, 1.165) is 22.0 Å². The van der Waals surface area contributed by atoms with Gasteiger partial charge in [-0.3, -0.25) is 4.57 Å². The van der Waals surface area contributed by atoms with E-state index in [9.17, 15) is 5.11 Å². The lowest BCUT2D eigenvalue weighted by Gasteiger charge is -2.24. The minimum Gasteiger partial charge on any atom is -0.394 e. The molecule has 6 rings (SSSR count). The topological polar surface area (TPSA) is 91.5 Å². The molecule has 158 valence electrons. The number of benzene rings is 2. The molecule has 2 fully saturated rings. The largest absolute Gasteiger partial charge is 0.394 e. The Morgan fingerprint density at radius 3 is 2.68 bits per heavy atom. The molecule has 0 aliphatic carbocycles. The number of rotatable bonds is 3. The van der Waals surface area contributed by atoms with E-state index in [1.807, 2.05) is 42.7 Å². The van der Waals surface area contributed by atoms with E-state index < -0.39 is 18.1 Å².